The molecule has 3 aromatic rings. The molecule has 0 bridgehead atoms. The van der Waals surface area contributed by atoms with Crippen molar-refractivity contribution in [3.63, 3.8) is 0 Å². The number of rotatable bonds is 4. The predicted octanol–water partition coefficient (Wildman–Crippen LogP) is 3.61. The van der Waals surface area contributed by atoms with Crippen LogP contribution in [-0.4, -0.2) is 19.1 Å². The molecule has 0 unspecified atom stereocenters. The van der Waals surface area contributed by atoms with Gasteiger partial charge in [-0.25, -0.2) is 0 Å². The zero-order chi connectivity index (χ0) is 18.6. The van der Waals surface area contributed by atoms with Crippen molar-refractivity contribution in [2.75, 3.05) is 18.5 Å². The number of hydrogen-bond donors (Lipinski definition) is 1. The average Bonchev–Trinajstić information content (AvgIpc) is 2.74. The quantitative estimate of drug-likeness (QED) is 0.722. The summed E-state index contributed by atoms with van der Waals surface area (Å²) in [4.78, 5) is 12.7. The van der Waals surface area contributed by atoms with Crippen molar-refractivity contribution >= 4 is 11.6 Å². The van der Waals surface area contributed by atoms with Gasteiger partial charge in [-0.15, -0.1) is 0 Å². The molecule has 2 aromatic carbocycles. The van der Waals surface area contributed by atoms with Crippen molar-refractivity contribution in [2.24, 2.45) is 0 Å². The summed E-state index contributed by atoms with van der Waals surface area (Å²) in [6.45, 7) is 2.94. The normalized spacial score (nSPS) is 13.7. The maximum absolute atomic E-state index is 12.7. The molecule has 0 aliphatic carbocycles. The van der Waals surface area contributed by atoms with Crippen LogP contribution in [0.15, 0.2) is 73.1 Å². The number of aromatic nitrogens is 1. The smallest absolute Gasteiger partial charge is 0.293 e. The van der Waals surface area contributed by atoms with E-state index in [4.69, 9.17) is 9.47 Å². The molecule has 1 aliphatic rings. The number of nitrogens with one attached hydrogen (secondary N) is 1. The van der Waals surface area contributed by atoms with E-state index in [0.29, 0.717) is 30.4 Å². The van der Waals surface area contributed by atoms with E-state index >= 15 is 0 Å². The van der Waals surface area contributed by atoms with E-state index in [-0.39, 0.29) is 11.9 Å². The van der Waals surface area contributed by atoms with Crippen LogP contribution in [0.25, 0.3) is 11.1 Å². The van der Waals surface area contributed by atoms with Gasteiger partial charge in [0.2, 0.25) is 6.04 Å². The topological polar surface area (TPSA) is 51.4 Å². The number of pyridine rings is 1. The zero-order valence-corrected chi connectivity index (χ0v) is 15.1. The fourth-order valence-electron chi connectivity index (χ4n) is 3.04. The van der Waals surface area contributed by atoms with E-state index in [1.807, 2.05) is 66.3 Å². The van der Waals surface area contributed by atoms with Gasteiger partial charge in [0, 0.05) is 30.3 Å². The van der Waals surface area contributed by atoms with Gasteiger partial charge in [-0.05, 0) is 23.8 Å². The highest BCUT2D eigenvalue weighted by atomic mass is 16.6. The van der Waals surface area contributed by atoms with Crippen molar-refractivity contribution in [2.45, 2.75) is 13.0 Å². The van der Waals surface area contributed by atoms with E-state index in [0.717, 1.165) is 11.1 Å². The van der Waals surface area contributed by atoms with E-state index in [9.17, 15) is 4.79 Å². The number of fused-ring (bicyclic) bond motifs is 1. The number of ether oxygens (including phenoxy) is 2. The van der Waals surface area contributed by atoms with Crippen molar-refractivity contribution in [3.05, 3.63) is 73.1 Å². The van der Waals surface area contributed by atoms with Crippen molar-refractivity contribution < 1.29 is 18.8 Å². The molecule has 2 heterocycles. The van der Waals surface area contributed by atoms with Crippen LogP contribution in [0.2, 0.25) is 0 Å². The summed E-state index contributed by atoms with van der Waals surface area (Å²) in [5.74, 6) is 1.27. The standard InChI is InChI=1S/C22H20N2O3/c1-16(24-11-5-8-18(15-24)17-6-3-2-4-7-17)22(25)23-19-9-10-20-21(14-19)27-13-12-26-20/h2-11,14-16H,12-13H2,1H3/p+1/t16-/m0/s1. The number of hydrogen-bond acceptors (Lipinski definition) is 3. The third-order valence-electron chi connectivity index (χ3n) is 4.57. The molecule has 0 saturated heterocycles. The maximum Gasteiger partial charge on any atom is 0.293 e. The minimum absolute atomic E-state index is 0.0955. The molecule has 0 radical (unpaired) electrons. The minimum atomic E-state index is -0.359. The van der Waals surface area contributed by atoms with Crippen molar-refractivity contribution in [1.82, 2.24) is 0 Å². The Balaban J connectivity index is 1.51. The van der Waals surface area contributed by atoms with Crippen LogP contribution in [0.3, 0.4) is 0 Å². The Kier molecular flexibility index (Phi) is 4.75. The molecule has 1 aliphatic heterocycles. The van der Waals surface area contributed by atoms with Crippen LogP contribution in [0, 0.1) is 0 Å². The predicted molar refractivity (Wildman–Crippen MR) is 103 cm³/mol. The molecule has 136 valence electrons. The summed E-state index contributed by atoms with van der Waals surface area (Å²) in [7, 11) is 0. The maximum atomic E-state index is 12.7. The summed E-state index contributed by atoms with van der Waals surface area (Å²) in [6.07, 6.45) is 3.89. The lowest BCUT2D eigenvalue weighted by Gasteiger charge is -2.19. The summed E-state index contributed by atoms with van der Waals surface area (Å²) in [5.41, 5.74) is 2.87. The lowest BCUT2D eigenvalue weighted by molar-refractivity contribution is -0.705. The fraction of sp³-hybridized carbons (Fsp3) is 0.182. The fourth-order valence-corrected chi connectivity index (χ4v) is 3.04. The van der Waals surface area contributed by atoms with E-state index in [2.05, 4.69) is 17.4 Å². The molecule has 1 atom stereocenters. The molecule has 27 heavy (non-hydrogen) atoms. The molecule has 0 saturated carbocycles. The lowest BCUT2D eigenvalue weighted by Crippen LogP contribution is -2.44. The van der Waals surface area contributed by atoms with Gasteiger partial charge in [-0.3, -0.25) is 4.79 Å². The summed E-state index contributed by atoms with van der Waals surface area (Å²) in [5, 5.41) is 2.95. The number of nitrogens with zero attached hydrogens (tertiary/aromatic N) is 1. The monoisotopic (exact) mass is 361 g/mol. The molecule has 1 amide bonds. The summed E-state index contributed by atoms with van der Waals surface area (Å²) >= 11 is 0. The van der Waals surface area contributed by atoms with E-state index in [1.165, 1.54) is 0 Å². The Morgan fingerprint density at radius 3 is 2.52 bits per heavy atom. The largest absolute Gasteiger partial charge is 0.486 e. The van der Waals surface area contributed by atoms with Gasteiger partial charge < -0.3 is 14.8 Å². The first-order valence-corrected chi connectivity index (χ1v) is 8.97. The highest BCUT2D eigenvalue weighted by molar-refractivity contribution is 5.92. The molecule has 5 nitrogen and oxygen atoms in total. The van der Waals surface area contributed by atoms with Crippen LogP contribution >= 0.6 is 0 Å². The Labute approximate surface area is 158 Å². The highest BCUT2D eigenvalue weighted by Crippen LogP contribution is 2.32. The second-order valence-corrected chi connectivity index (χ2v) is 6.43. The van der Waals surface area contributed by atoms with Gasteiger partial charge in [0.25, 0.3) is 5.91 Å². The molecular formula is C22H21N2O3+. The average molecular weight is 361 g/mol. The number of anilines is 1. The minimum Gasteiger partial charge on any atom is -0.486 e. The number of amides is 1. The van der Waals surface area contributed by atoms with E-state index < -0.39 is 0 Å². The third-order valence-corrected chi connectivity index (χ3v) is 4.57. The Bertz CT molecular complexity index is 957. The van der Waals surface area contributed by atoms with Gasteiger partial charge in [0.15, 0.2) is 23.9 Å². The van der Waals surface area contributed by atoms with Crippen molar-refractivity contribution in [1.29, 1.82) is 0 Å². The first-order chi connectivity index (χ1) is 13.2. The summed E-state index contributed by atoms with van der Waals surface area (Å²) < 4.78 is 13.0. The van der Waals surface area contributed by atoms with Crippen LogP contribution in [0.5, 0.6) is 11.5 Å². The number of carbonyl (C=O) groups is 1. The lowest BCUT2D eigenvalue weighted by atomic mass is 10.1. The second kappa shape index (κ2) is 7.50. The summed E-state index contributed by atoms with van der Waals surface area (Å²) in [6, 6.07) is 19.2. The molecule has 4 rings (SSSR count). The van der Waals surface area contributed by atoms with E-state index in [1.54, 1.807) is 6.07 Å². The highest BCUT2D eigenvalue weighted by Gasteiger charge is 2.23. The first-order valence-electron chi connectivity index (χ1n) is 8.97. The first kappa shape index (κ1) is 17.1. The Morgan fingerprint density at radius 2 is 1.70 bits per heavy atom. The van der Waals surface area contributed by atoms with Gasteiger partial charge in [-0.2, -0.15) is 4.57 Å². The SMILES string of the molecule is C[C@@H](C(=O)Nc1ccc2c(c1)OCCO2)[n+]1cccc(-c2ccccc2)c1. The van der Waals surface area contributed by atoms with Crippen LogP contribution in [0.4, 0.5) is 5.69 Å². The number of benzene rings is 2. The van der Waals surface area contributed by atoms with Gasteiger partial charge in [0.1, 0.15) is 13.2 Å². The molecular weight excluding hydrogens is 340 g/mol. The van der Waals surface area contributed by atoms with Crippen LogP contribution in [0.1, 0.15) is 13.0 Å². The zero-order valence-electron chi connectivity index (χ0n) is 15.1. The second-order valence-electron chi connectivity index (χ2n) is 6.43. The molecule has 0 fully saturated rings. The Morgan fingerprint density at radius 1 is 0.963 bits per heavy atom. The molecule has 1 N–H and O–H groups in total. The molecule has 1 aromatic heterocycles. The van der Waals surface area contributed by atoms with Crippen LogP contribution in [-0.2, 0) is 4.79 Å². The van der Waals surface area contributed by atoms with Gasteiger partial charge in [0.05, 0.1) is 0 Å². The van der Waals surface area contributed by atoms with Crippen molar-refractivity contribution in [3.8, 4) is 22.6 Å². The molecule has 0 spiro atoms. The van der Waals surface area contributed by atoms with Gasteiger partial charge in [-0.1, -0.05) is 30.3 Å². The van der Waals surface area contributed by atoms with Crippen LogP contribution < -0.4 is 19.4 Å². The van der Waals surface area contributed by atoms with Gasteiger partial charge >= 0.3 is 0 Å². The number of carbonyl (C=O) groups excluding carboxylic acids is 1. The third kappa shape index (κ3) is 3.77. The molecule has 5 heteroatoms. The Hall–Kier alpha value is -3.34.